The average Bonchev–Trinajstić information content (AvgIpc) is 2.98. The minimum absolute atomic E-state index is 0.453. The summed E-state index contributed by atoms with van der Waals surface area (Å²) in [6.07, 6.45) is 2.79. The summed E-state index contributed by atoms with van der Waals surface area (Å²) in [5, 5.41) is 3.14. The molecule has 124 valence electrons. The van der Waals surface area contributed by atoms with Gasteiger partial charge in [-0.05, 0) is 55.7 Å². The Balaban J connectivity index is 1.53. The molecular weight excluding hydrogens is 298 g/mol. The summed E-state index contributed by atoms with van der Waals surface area (Å²) in [7, 11) is 0. The number of benzene rings is 2. The number of rotatable bonds is 5. The fourth-order valence-corrected chi connectivity index (χ4v) is 2.64. The third-order valence-corrected chi connectivity index (χ3v) is 4.15. The standard InChI is InChI=1S/C19H23N5/c1-14-8-9-16(12-15(14)2)23-19(20)21-10-5-11-24-13-22-17-6-3-4-7-18(17)24/h3-4,6-9,12-13H,5,10-11H2,1-2H3,(H3,20,21,23). The number of aryl methyl sites for hydroxylation is 3. The zero-order valence-electron chi connectivity index (χ0n) is 14.2. The first kappa shape index (κ1) is 16.1. The van der Waals surface area contributed by atoms with Gasteiger partial charge in [0, 0.05) is 18.8 Å². The zero-order chi connectivity index (χ0) is 16.9. The number of nitrogens with one attached hydrogen (secondary N) is 1. The van der Waals surface area contributed by atoms with Gasteiger partial charge < -0.3 is 15.6 Å². The number of nitrogens with two attached hydrogens (primary N) is 1. The molecule has 24 heavy (non-hydrogen) atoms. The van der Waals surface area contributed by atoms with E-state index in [1.165, 1.54) is 11.1 Å². The molecule has 1 heterocycles. The van der Waals surface area contributed by atoms with Crippen molar-refractivity contribution >= 4 is 22.7 Å². The van der Waals surface area contributed by atoms with Gasteiger partial charge in [-0.15, -0.1) is 0 Å². The van der Waals surface area contributed by atoms with Gasteiger partial charge in [0.15, 0.2) is 5.96 Å². The normalized spacial score (nSPS) is 11.8. The Bertz CT molecular complexity index is 863. The highest BCUT2D eigenvalue weighted by Crippen LogP contribution is 2.14. The fourth-order valence-electron chi connectivity index (χ4n) is 2.64. The van der Waals surface area contributed by atoms with Crippen molar-refractivity contribution in [2.24, 2.45) is 10.7 Å². The zero-order valence-corrected chi connectivity index (χ0v) is 14.2. The molecule has 0 aliphatic heterocycles. The van der Waals surface area contributed by atoms with E-state index in [-0.39, 0.29) is 0 Å². The van der Waals surface area contributed by atoms with E-state index in [9.17, 15) is 0 Å². The Morgan fingerprint density at radius 3 is 2.83 bits per heavy atom. The van der Waals surface area contributed by atoms with Crippen LogP contribution in [-0.4, -0.2) is 22.1 Å². The molecular formula is C19H23N5. The first-order valence-corrected chi connectivity index (χ1v) is 8.17. The quantitative estimate of drug-likeness (QED) is 0.429. The van der Waals surface area contributed by atoms with Crippen LogP contribution in [0.5, 0.6) is 0 Å². The molecule has 3 aromatic rings. The molecule has 0 radical (unpaired) electrons. The van der Waals surface area contributed by atoms with Crippen LogP contribution >= 0.6 is 0 Å². The van der Waals surface area contributed by atoms with E-state index in [0.717, 1.165) is 29.7 Å². The topological polar surface area (TPSA) is 68.2 Å². The van der Waals surface area contributed by atoms with Gasteiger partial charge in [0.1, 0.15) is 0 Å². The molecule has 0 amide bonds. The van der Waals surface area contributed by atoms with Gasteiger partial charge >= 0.3 is 0 Å². The molecule has 0 aliphatic rings. The first-order chi connectivity index (χ1) is 11.6. The van der Waals surface area contributed by atoms with Crippen LogP contribution in [0, 0.1) is 13.8 Å². The monoisotopic (exact) mass is 321 g/mol. The van der Waals surface area contributed by atoms with Crippen molar-refractivity contribution in [3.63, 3.8) is 0 Å². The molecule has 3 N–H and O–H groups in total. The lowest BCUT2D eigenvalue weighted by atomic mass is 10.1. The van der Waals surface area contributed by atoms with Crippen LogP contribution in [0.3, 0.4) is 0 Å². The van der Waals surface area contributed by atoms with Crippen molar-refractivity contribution in [1.82, 2.24) is 9.55 Å². The number of nitrogens with zero attached hydrogens (tertiary/aromatic N) is 3. The fraction of sp³-hybridized carbons (Fsp3) is 0.263. The van der Waals surface area contributed by atoms with E-state index in [1.54, 1.807) is 0 Å². The van der Waals surface area contributed by atoms with Crippen LogP contribution in [0.25, 0.3) is 11.0 Å². The molecule has 5 heteroatoms. The van der Waals surface area contributed by atoms with Crippen molar-refractivity contribution < 1.29 is 0 Å². The number of aliphatic imine (C=N–C) groups is 1. The van der Waals surface area contributed by atoms with E-state index >= 15 is 0 Å². The van der Waals surface area contributed by atoms with E-state index in [4.69, 9.17) is 5.73 Å². The van der Waals surface area contributed by atoms with Gasteiger partial charge in [-0.25, -0.2) is 4.98 Å². The summed E-state index contributed by atoms with van der Waals surface area (Å²) in [5.74, 6) is 0.453. The highest BCUT2D eigenvalue weighted by Gasteiger charge is 2.01. The highest BCUT2D eigenvalue weighted by molar-refractivity contribution is 5.92. The maximum Gasteiger partial charge on any atom is 0.193 e. The smallest absolute Gasteiger partial charge is 0.193 e. The Labute approximate surface area is 142 Å². The third-order valence-electron chi connectivity index (χ3n) is 4.15. The molecule has 0 saturated carbocycles. The van der Waals surface area contributed by atoms with Crippen molar-refractivity contribution in [2.75, 3.05) is 11.9 Å². The lowest BCUT2D eigenvalue weighted by Crippen LogP contribution is -2.23. The van der Waals surface area contributed by atoms with Crippen LogP contribution in [0.2, 0.25) is 0 Å². The molecule has 0 spiro atoms. The summed E-state index contributed by atoms with van der Waals surface area (Å²) in [6.45, 7) is 5.73. The number of hydrogen-bond donors (Lipinski definition) is 2. The minimum Gasteiger partial charge on any atom is -0.370 e. The number of guanidine groups is 1. The maximum absolute atomic E-state index is 5.96. The number of aromatic nitrogens is 2. The van der Waals surface area contributed by atoms with Crippen LogP contribution in [-0.2, 0) is 6.54 Å². The van der Waals surface area contributed by atoms with Crippen molar-refractivity contribution in [2.45, 2.75) is 26.8 Å². The number of imidazole rings is 1. The second kappa shape index (κ2) is 7.17. The van der Waals surface area contributed by atoms with Crippen molar-refractivity contribution in [1.29, 1.82) is 0 Å². The molecule has 0 atom stereocenters. The number of anilines is 1. The number of hydrogen-bond acceptors (Lipinski definition) is 2. The number of para-hydroxylation sites is 2. The summed E-state index contributed by atoms with van der Waals surface area (Å²) in [6, 6.07) is 14.3. The largest absolute Gasteiger partial charge is 0.370 e. The van der Waals surface area contributed by atoms with Crippen molar-refractivity contribution in [3.8, 4) is 0 Å². The van der Waals surface area contributed by atoms with Gasteiger partial charge in [-0.2, -0.15) is 0 Å². The summed E-state index contributed by atoms with van der Waals surface area (Å²) >= 11 is 0. The van der Waals surface area contributed by atoms with Crippen molar-refractivity contribution in [3.05, 3.63) is 59.9 Å². The van der Waals surface area contributed by atoms with Crippen LogP contribution in [0.4, 0.5) is 5.69 Å². The van der Waals surface area contributed by atoms with Crippen LogP contribution in [0.1, 0.15) is 17.5 Å². The third kappa shape index (κ3) is 3.74. The molecule has 3 rings (SSSR count). The molecule has 0 bridgehead atoms. The average molecular weight is 321 g/mol. The van der Waals surface area contributed by atoms with E-state index in [0.29, 0.717) is 12.5 Å². The summed E-state index contributed by atoms with van der Waals surface area (Å²) in [5.41, 5.74) is 11.6. The molecule has 0 saturated heterocycles. The Morgan fingerprint density at radius 2 is 2.00 bits per heavy atom. The van der Waals surface area contributed by atoms with E-state index < -0.39 is 0 Å². The van der Waals surface area contributed by atoms with Gasteiger partial charge in [0.2, 0.25) is 0 Å². The SMILES string of the molecule is Cc1ccc(NC(N)=NCCCn2cnc3ccccc32)cc1C. The highest BCUT2D eigenvalue weighted by atomic mass is 15.1. The molecule has 0 aliphatic carbocycles. The van der Waals surface area contributed by atoms with Gasteiger partial charge in [0.05, 0.1) is 17.4 Å². The molecule has 5 nitrogen and oxygen atoms in total. The lowest BCUT2D eigenvalue weighted by Gasteiger charge is -2.08. The molecule has 0 unspecified atom stereocenters. The van der Waals surface area contributed by atoms with Gasteiger partial charge in [-0.1, -0.05) is 18.2 Å². The number of fused-ring (bicyclic) bond motifs is 1. The van der Waals surface area contributed by atoms with E-state index in [2.05, 4.69) is 51.9 Å². The first-order valence-electron chi connectivity index (χ1n) is 8.17. The molecule has 2 aromatic carbocycles. The van der Waals surface area contributed by atoms with E-state index in [1.807, 2.05) is 30.6 Å². The molecule has 1 aromatic heterocycles. The predicted octanol–water partition coefficient (Wildman–Crippen LogP) is 3.47. The predicted molar refractivity (Wildman–Crippen MR) is 100 cm³/mol. The molecule has 0 fully saturated rings. The Kier molecular flexibility index (Phi) is 4.79. The van der Waals surface area contributed by atoms with Crippen LogP contribution < -0.4 is 11.1 Å². The Morgan fingerprint density at radius 1 is 1.17 bits per heavy atom. The van der Waals surface area contributed by atoms with Gasteiger partial charge in [0.25, 0.3) is 0 Å². The van der Waals surface area contributed by atoms with Gasteiger partial charge in [-0.3, -0.25) is 4.99 Å². The Hall–Kier alpha value is -2.82. The lowest BCUT2D eigenvalue weighted by molar-refractivity contribution is 0.666. The maximum atomic E-state index is 5.96. The van der Waals surface area contributed by atoms with Crippen LogP contribution in [0.15, 0.2) is 53.8 Å². The second-order valence-electron chi connectivity index (χ2n) is 5.97. The summed E-state index contributed by atoms with van der Waals surface area (Å²) < 4.78 is 2.15. The second-order valence-corrected chi connectivity index (χ2v) is 5.97. The summed E-state index contributed by atoms with van der Waals surface area (Å²) in [4.78, 5) is 8.79. The minimum atomic E-state index is 0.453.